The number of nitriles is 1. The predicted octanol–water partition coefficient (Wildman–Crippen LogP) is 3.39. The summed E-state index contributed by atoms with van der Waals surface area (Å²) in [5, 5.41) is 22.1. The van der Waals surface area contributed by atoms with E-state index in [0.717, 1.165) is 6.07 Å². The Bertz CT molecular complexity index is 1670. The number of piperazine rings is 1. The van der Waals surface area contributed by atoms with Crippen LogP contribution in [0.2, 0.25) is 0 Å². The number of nitrogens with zero attached hydrogens (tertiary/aromatic N) is 7. The van der Waals surface area contributed by atoms with Crippen LogP contribution in [0.25, 0.3) is 11.4 Å². The van der Waals surface area contributed by atoms with Gasteiger partial charge in [-0.2, -0.15) is 23.4 Å². The molecule has 12 nitrogen and oxygen atoms in total. The van der Waals surface area contributed by atoms with Gasteiger partial charge in [-0.05, 0) is 43.3 Å². The molecule has 1 amide bonds. The van der Waals surface area contributed by atoms with Gasteiger partial charge in [-0.25, -0.2) is 14.4 Å². The Hall–Kier alpha value is -4.59. The number of carbonyl (C=O) groups is 1. The number of nitrogens with one attached hydrogen (secondary N) is 1. The summed E-state index contributed by atoms with van der Waals surface area (Å²) < 4.78 is 68.6. The van der Waals surface area contributed by atoms with Crippen LogP contribution < -0.4 is 15.0 Å². The maximum atomic E-state index is 14.9. The Kier molecular flexibility index (Phi) is 9.63. The first-order valence-electron chi connectivity index (χ1n) is 15.6. The van der Waals surface area contributed by atoms with Crippen LogP contribution >= 0.6 is 0 Å². The Morgan fingerprint density at radius 1 is 1.12 bits per heavy atom. The number of carbonyl (C=O) groups excluding carboxylic acids is 1. The van der Waals surface area contributed by atoms with Gasteiger partial charge < -0.3 is 29.7 Å². The lowest BCUT2D eigenvalue weighted by Gasteiger charge is -2.43. The van der Waals surface area contributed by atoms with Crippen molar-refractivity contribution in [1.29, 1.82) is 5.26 Å². The van der Waals surface area contributed by atoms with Gasteiger partial charge >= 0.3 is 6.18 Å². The molecule has 6 rings (SSSR count). The average Bonchev–Trinajstić information content (AvgIpc) is 3.04. The monoisotopic (exact) mass is 670 g/mol. The molecule has 2 aromatic carbocycles. The number of halogens is 4. The summed E-state index contributed by atoms with van der Waals surface area (Å²) >= 11 is 0. The molecular weight excluding hydrogens is 636 g/mol. The van der Waals surface area contributed by atoms with E-state index in [2.05, 4.69) is 25.2 Å². The lowest BCUT2D eigenvalue weighted by Crippen LogP contribution is -2.56. The van der Waals surface area contributed by atoms with Crippen molar-refractivity contribution in [3.63, 3.8) is 0 Å². The van der Waals surface area contributed by atoms with E-state index >= 15 is 0 Å². The summed E-state index contributed by atoms with van der Waals surface area (Å²) in [6, 6.07) is 10.9. The van der Waals surface area contributed by atoms with Gasteiger partial charge in [-0.15, -0.1) is 0 Å². The molecule has 0 saturated carbocycles. The Labute approximate surface area is 273 Å². The predicted molar refractivity (Wildman–Crippen MR) is 165 cm³/mol. The van der Waals surface area contributed by atoms with Crippen molar-refractivity contribution in [1.82, 2.24) is 24.8 Å². The summed E-state index contributed by atoms with van der Waals surface area (Å²) in [6.07, 6.45) is -6.91. The van der Waals surface area contributed by atoms with Crippen LogP contribution in [0, 0.1) is 11.3 Å². The number of alkyl halides is 4. The lowest BCUT2D eigenvalue weighted by molar-refractivity contribution is -0.143. The molecule has 3 fully saturated rings. The van der Waals surface area contributed by atoms with E-state index in [1.807, 2.05) is 6.07 Å². The van der Waals surface area contributed by atoms with Gasteiger partial charge in [0.2, 0.25) is 5.95 Å². The highest BCUT2D eigenvalue weighted by Crippen LogP contribution is 2.39. The molecule has 254 valence electrons. The minimum Gasteiger partial charge on any atom is -0.486 e. The molecule has 0 spiro atoms. The van der Waals surface area contributed by atoms with Gasteiger partial charge in [-0.3, -0.25) is 9.69 Å². The van der Waals surface area contributed by atoms with Crippen molar-refractivity contribution in [2.24, 2.45) is 0 Å². The zero-order valence-corrected chi connectivity index (χ0v) is 26.0. The number of piperidine rings is 1. The van der Waals surface area contributed by atoms with E-state index in [-0.39, 0.29) is 54.0 Å². The fraction of sp³-hybridized carbons (Fsp3) is 0.469. The van der Waals surface area contributed by atoms with Crippen molar-refractivity contribution in [2.45, 2.75) is 43.9 Å². The highest BCUT2D eigenvalue weighted by molar-refractivity contribution is 5.80. The number of likely N-dealkylation sites (tertiary alicyclic amines) is 1. The molecule has 3 aliphatic rings. The summed E-state index contributed by atoms with van der Waals surface area (Å²) in [5.41, 5.74) is -0.0379. The number of benzene rings is 2. The summed E-state index contributed by atoms with van der Waals surface area (Å²) in [7, 11) is 0. The number of amides is 1. The third-order valence-electron chi connectivity index (χ3n) is 8.71. The zero-order chi connectivity index (χ0) is 34.0. The molecule has 0 aliphatic carbocycles. The zero-order valence-electron chi connectivity index (χ0n) is 26.0. The Morgan fingerprint density at radius 3 is 2.54 bits per heavy atom. The van der Waals surface area contributed by atoms with E-state index in [1.54, 1.807) is 17.0 Å². The second kappa shape index (κ2) is 13.9. The van der Waals surface area contributed by atoms with Gasteiger partial charge in [0, 0.05) is 56.1 Å². The van der Waals surface area contributed by atoms with Crippen LogP contribution in [0.4, 0.5) is 34.9 Å². The Balaban J connectivity index is 1.14. The summed E-state index contributed by atoms with van der Waals surface area (Å²) in [4.78, 5) is 29.8. The normalized spacial score (nSPS) is 21.3. The smallest absolute Gasteiger partial charge is 0.418 e. The van der Waals surface area contributed by atoms with Crippen LogP contribution in [0.15, 0.2) is 42.7 Å². The summed E-state index contributed by atoms with van der Waals surface area (Å²) in [6.45, 7) is 4.83. The van der Waals surface area contributed by atoms with Crippen molar-refractivity contribution >= 4 is 23.2 Å². The molecule has 3 saturated heterocycles. The van der Waals surface area contributed by atoms with E-state index < -0.39 is 36.0 Å². The number of ether oxygens (including phenoxy) is 2. The van der Waals surface area contributed by atoms with Crippen LogP contribution in [0.5, 0.6) is 5.75 Å². The molecule has 3 aromatic rings. The lowest BCUT2D eigenvalue weighted by atomic mass is 10.0. The number of aliphatic hydroxyl groups is 1. The quantitative estimate of drug-likeness (QED) is 0.341. The van der Waals surface area contributed by atoms with Crippen molar-refractivity contribution in [3.05, 3.63) is 53.9 Å². The van der Waals surface area contributed by atoms with Gasteiger partial charge in [0.15, 0.2) is 12.0 Å². The second-order valence-corrected chi connectivity index (χ2v) is 11.9. The van der Waals surface area contributed by atoms with E-state index in [0.29, 0.717) is 51.0 Å². The van der Waals surface area contributed by atoms with Crippen molar-refractivity contribution in [2.75, 3.05) is 62.7 Å². The molecule has 4 heterocycles. The highest BCUT2D eigenvalue weighted by Gasteiger charge is 2.37. The average molecular weight is 671 g/mol. The molecule has 48 heavy (non-hydrogen) atoms. The fourth-order valence-corrected chi connectivity index (χ4v) is 6.01. The van der Waals surface area contributed by atoms with Crippen molar-refractivity contribution < 1.29 is 36.9 Å². The SMILES string of the molecule is CC(O)C(=O)N1CC[C@H](Oc2ccc(-c3ncnc(Nc4ccc(N5CCN(C6COC6)CC5)c(C(F)(F)F)c4)n3)cc2C#N)[C@H](F)C1. The molecule has 1 unspecified atom stereocenters. The highest BCUT2D eigenvalue weighted by atomic mass is 19.4. The number of aromatic nitrogens is 3. The topological polar surface area (TPSA) is 140 Å². The molecule has 0 radical (unpaired) electrons. The van der Waals surface area contributed by atoms with Gasteiger partial charge in [-0.1, -0.05) is 0 Å². The number of aliphatic hydroxyl groups excluding tert-OH is 1. The molecule has 2 N–H and O–H groups in total. The first-order valence-corrected chi connectivity index (χ1v) is 15.6. The molecule has 3 aliphatic heterocycles. The van der Waals surface area contributed by atoms with Gasteiger partial charge in [0.05, 0.1) is 36.9 Å². The molecular formula is C32H34F4N8O4. The molecule has 3 atom stereocenters. The van der Waals surface area contributed by atoms with Crippen LogP contribution in [-0.2, 0) is 15.7 Å². The van der Waals surface area contributed by atoms with E-state index in [4.69, 9.17) is 9.47 Å². The van der Waals surface area contributed by atoms with Gasteiger partial charge in [0.25, 0.3) is 5.91 Å². The number of hydrogen-bond acceptors (Lipinski definition) is 11. The number of anilines is 3. The van der Waals surface area contributed by atoms with Crippen molar-refractivity contribution in [3.8, 4) is 23.2 Å². The Morgan fingerprint density at radius 2 is 1.90 bits per heavy atom. The largest absolute Gasteiger partial charge is 0.486 e. The maximum absolute atomic E-state index is 14.9. The number of hydrogen-bond donors (Lipinski definition) is 2. The maximum Gasteiger partial charge on any atom is 0.418 e. The standard InChI is InChI=1S/C32H34F4N8O4/c1-19(45)30(46)44-7-6-28(25(33)15-44)48-27-5-2-20(12-21(27)14-37)29-38-18-39-31(41-29)40-22-3-4-26(24(13-22)32(34,35)36)43-10-8-42(9-11-43)23-16-47-17-23/h2-5,12-13,18-19,23,25,28,45H,6-11,15-17H2,1H3,(H,38,39,40,41)/t19?,25-,28+/m1/s1. The molecule has 16 heteroatoms. The molecule has 0 bridgehead atoms. The minimum atomic E-state index is -4.59. The van der Waals surface area contributed by atoms with Crippen LogP contribution in [0.1, 0.15) is 24.5 Å². The second-order valence-electron chi connectivity index (χ2n) is 11.9. The first kappa shape index (κ1) is 33.3. The van der Waals surface area contributed by atoms with Crippen LogP contribution in [0.3, 0.4) is 0 Å². The third-order valence-corrected chi connectivity index (χ3v) is 8.71. The minimum absolute atomic E-state index is 0.00480. The van der Waals surface area contributed by atoms with Gasteiger partial charge in [0.1, 0.15) is 30.4 Å². The van der Waals surface area contributed by atoms with Crippen LogP contribution in [-0.4, -0.2) is 113 Å². The summed E-state index contributed by atoms with van der Waals surface area (Å²) in [5.74, 6) is -0.289. The third kappa shape index (κ3) is 7.28. The van der Waals surface area contributed by atoms with E-state index in [1.165, 1.54) is 36.4 Å². The van der Waals surface area contributed by atoms with E-state index in [9.17, 15) is 32.7 Å². The first-order chi connectivity index (χ1) is 23.0. The fourth-order valence-electron chi connectivity index (χ4n) is 6.01. The number of rotatable bonds is 8. The molecule has 1 aromatic heterocycles.